The van der Waals surface area contributed by atoms with Crippen LogP contribution in [0.25, 0.3) is 0 Å². The van der Waals surface area contributed by atoms with Gasteiger partial charge in [-0.25, -0.2) is 0 Å². The van der Waals surface area contributed by atoms with Crippen molar-refractivity contribution in [3.8, 4) is 5.75 Å². The fraction of sp³-hybridized carbons (Fsp3) is 0.417. The van der Waals surface area contributed by atoms with Gasteiger partial charge in [0, 0.05) is 12.1 Å². The highest BCUT2D eigenvalue weighted by atomic mass is 16.3. The molecule has 0 radical (unpaired) electrons. The van der Waals surface area contributed by atoms with Gasteiger partial charge >= 0.3 is 0 Å². The highest BCUT2D eigenvalue weighted by Crippen LogP contribution is 2.21. The molecule has 1 aromatic rings. The Morgan fingerprint density at radius 2 is 2.19 bits per heavy atom. The lowest BCUT2D eigenvalue weighted by Gasteiger charge is -2.33. The fourth-order valence-electron chi connectivity index (χ4n) is 1.88. The van der Waals surface area contributed by atoms with Crippen LogP contribution >= 0.6 is 0 Å². The minimum atomic E-state index is -0.227. The molecule has 0 bridgehead atoms. The first-order chi connectivity index (χ1) is 7.56. The van der Waals surface area contributed by atoms with Crippen molar-refractivity contribution < 1.29 is 9.90 Å². The van der Waals surface area contributed by atoms with Crippen molar-refractivity contribution in [2.24, 2.45) is 5.73 Å². The summed E-state index contributed by atoms with van der Waals surface area (Å²) < 4.78 is 0. The average Bonchev–Trinajstić information content (AvgIpc) is 2.15. The maximum absolute atomic E-state index is 11.8. The molecule has 0 aliphatic heterocycles. The number of benzene rings is 1. The summed E-state index contributed by atoms with van der Waals surface area (Å²) in [5.41, 5.74) is 6.89. The van der Waals surface area contributed by atoms with Gasteiger partial charge in [-0.2, -0.15) is 0 Å². The number of hydrogen-bond donors (Lipinski definition) is 3. The Bertz CT molecular complexity index is 411. The van der Waals surface area contributed by atoms with E-state index in [1.807, 2.05) is 6.92 Å². The Morgan fingerprint density at radius 1 is 1.50 bits per heavy atom. The van der Waals surface area contributed by atoms with E-state index in [-0.39, 0.29) is 23.7 Å². The lowest BCUT2D eigenvalue weighted by atomic mass is 9.87. The molecule has 4 N–H and O–H groups in total. The number of nitrogens with one attached hydrogen (secondary N) is 1. The van der Waals surface area contributed by atoms with Gasteiger partial charge in [-0.15, -0.1) is 0 Å². The van der Waals surface area contributed by atoms with E-state index < -0.39 is 0 Å². The number of phenols is 1. The van der Waals surface area contributed by atoms with Crippen molar-refractivity contribution >= 4 is 5.91 Å². The second-order valence-electron chi connectivity index (χ2n) is 4.42. The standard InChI is InChI=1S/C12H16N2O2/c1-7-2-3-10(11(15)4-7)12(16)14-9-5-8(13)6-9/h2-4,8-9,15H,5-6,13H2,1H3,(H,14,16). The van der Waals surface area contributed by atoms with E-state index in [2.05, 4.69) is 5.32 Å². The molecular weight excluding hydrogens is 204 g/mol. The highest BCUT2D eigenvalue weighted by molar-refractivity contribution is 5.97. The van der Waals surface area contributed by atoms with Crippen LogP contribution in [-0.2, 0) is 0 Å². The van der Waals surface area contributed by atoms with Gasteiger partial charge in [0.1, 0.15) is 5.75 Å². The average molecular weight is 220 g/mol. The van der Waals surface area contributed by atoms with Gasteiger partial charge in [-0.1, -0.05) is 6.07 Å². The van der Waals surface area contributed by atoms with Crippen LogP contribution in [0.3, 0.4) is 0 Å². The Kier molecular flexibility index (Phi) is 2.83. The van der Waals surface area contributed by atoms with Crippen LogP contribution < -0.4 is 11.1 Å². The van der Waals surface area contributed by atoms with Crippen LogP contribution in [0, 0.1) is 6.92 Å². The summed E-state index contributed by atoms with van der Waals surface area (Å²) in [4.78, 5) is 11.8. The SMILES string of the molecule is Cc1ccc(C(=O)NC2CC(N)C2)c(O)c1. The number of carbonyl (C=O) groups excluding carboxylic acids is 1. The van der Waals surface area contributed by atoms with Crippen LogP contribution in [0.2, 0.25) is 0 Å². The van der Waals surface area contributed by atoms with Gasteiger partial charge in [0.15, 0.2) is 0 Å². The Labute approximate surface area is 94.5 Å². The van der Waals surface area contributed by atoms with Crippen molar-refractivity contribution in [1.82, 2.24) is 5.32 Å². The molecule has 0 unspecified atom stereocenters. The zero-order valence-electron chi connectivity index (χ0n) is 9.23. The third-order valence-corrected chi connectivity index (χ3v) is 2.91. The number of nitrogens with two attached hydrogens (primary N) is 1. The van der Waals surface area contributed by atoms with E-state index in [1.54, 1.807) is 18.2 Å². The van der Waals surface area contributed by atoms with Crippen LogP contribution in [0.1, 0.15) is 28.8 Å². The molecule has 0 saturated heterocycles. The van der Waals surface area contributed by atoms with Crippen LogP contribution in [-0.4, -0.2) is 23.1 Å². The quantitative estimate of drug-likeness (QED) is 0.693. The monoisotopic (exact) mass is 220 g/mol. The zero-order valence-corrected chi connectivity index (χ0v) is 9.23. The molecule has 86 valence electrons. The molecule has 1 fully saturated rings. The van der Waals surface area contributed by atoms with E-state index in [9.17, 15) is 9.90 Å². The first-order valence-corrected chi connectivity index (χ1v) is 5.42. The minimum Gasteiger partial charge on any atom is -0.507 e. The van der Waals surface area contributed by atoms with Crippen molar-refractivity contribution in [3.05, 3.63) is 29.3 Å². The predicted molar refractivity (Wildman–Crippen MR) is 61.3 cm³/mol. The third-order valence-electron chi connectivity index (χ3n) is 2.91. The number of hydrogen-bond acceptors (Lipinski definition) is 3. The maximum Gasteiger partial charge on any atom is 0.255 e. The number of aromatic hydroxyl groups is 1. The van der Waals surface area contributed by atoms with Gasteiger partial charge in [0.25, 0.3) is 5.91 Å². The van der Waals surface area contributed by atoms with Gasteiger partial charge in [0.05, 0.1) is 5.56 Å². The summed E-state index contributed by atoms with van der Waals surface area (Å²) in [6.07, 6.45) is 1.64. The molecule has 16 heavy (non-hydrogen) atoms. The van der Waals surface area contributed by atoms with Crippen LogP contribution in [0.15, 0.2) is 18.2 Å². The molecular formula is C12H16N2O2. The van der Waals surface area contributed by atoms with Gasteiger partial charge in [0.2, 0.25) is 0 Å². The smallest absolute Gasteiger partial charge is 0.255 e. The molecule has 4 nitrogen and oxygen atoms in total. The summed E-state index contributed by atoms with van der Waals surface area (Å²) >= 11 is 0. The fourth-order valence-corrected chi connectivity index (χ4v) is 1.88. The summed E-state index contributed by atoms with van der Waals surface area (Å²) in [5.74, 6) is -0.199. The molecule has 1 amide bonds. The van der Waals surface area contributed by atoms with Gasteiger partial charge in [-0.3, -0.25) is 4.79 Å². The number of aryl methyl sites for hydroxylation is 1. The summed E-state index contributed by atoms with van der Waals surface area (Å²) in [6, 6.07) is 5.39. The lowest BCUT2D eigenvalue weighted by molar-refractivity contribution is 0.0907. The lowest BCUT2D eigenvalue weighted by Crippen LogP contribution is -2.50. The van der Waals surface area contributed by atoms with Crippen LogP contribution in [0.5, 0.6) is 5.75 Å². The molecule has 2 rings (SSSR count). The van der Waals surface area contributed by atoms with E-state index in [4.69, 9.17) is 5.73 Å². The van der Waals surface area contributed by atoms with Crippen molar-refractivity contribution in [2.45, 2.75) is 31.8 Å². The van der Waals surface area contributed by atoms with Crippen molar-refractivity contribution in [2.75, 3.05) is 0 Å². The van der Waals surface area contributed by atoms with E-state index in [0.29, 0.717) is 5.56 Å². The second-order valence-corrected chi connectivity index (χ2v) is 4.42. The first kappa shape index (κ1) is 11.0. The number of carbonyl (C=O) groups is 1. The van der Waals surface area contributed by atoms with Crippen molar-refractivity contribution in [1.29, 1.82) is 0 Å². The second kappa shape index (κ2) is 4.14. The predicted octanol–water partition coefficient (Wildman–Crippen LogP) is 0.920. The Morgan fingerprint density at radius 3 is 2.75 bits per heavy atom. The first-order valence-electron chi connectivity index (χ1n) is 5.42. The van der Waals surface area contributed by atoms with E-state index in [1.165, 1.54) is 0 Å². The molecule has 1 aromatic carbocycles. The molecule has 0 aromatic heterocycles. The molecule has 1 aliphatic carbocycles. The molecule has 0 atom stereocenters. The number of phenolic OH excluding ortho intramolecular Hbond substituents is 1. The molecule has 4 heteroatoms. The highest BCUT2D eigenvalue weighted by Gasteiger charge is 2.27. The van der Waals surface area contributed by atoms with Crippen LogP contribution in [0.4, 0.5) is 0 Å². The van der Waals surface area contributed by atoms with Gasteiger partial charge < -0.3 is 16.2 Å². The minimum absolute atomic E-state index is 0.0288. The summed E-state index contributed by atoms with van der Waals surface area (Å²) in [6.45, 7) is 1.87. The van der Waals surface area contributed by atoms with E-state index in [0.717, 1.165) is 18.4 Å². The molecule has 1 aliphatic rings. The maximum atomic E-state index is 11.8. The molecule has 1 saturated carbocycles. The summed E-state index contributed by atoms with van der Waals surface area (Å²) in [7, 11) is 0. The van der Waals surface area contributed by atoms with Crippen molar-refractivity contribution in [3.63, 3.8) is 0 Å². The largest absolute Gasteiger partial charge is 0.507 e. The number of amides is 1. The van der Waals surface area contributed by atoms with E-state index >= 15 is 0 Å². The molecule has 0 spiro atoms. The number of rotatable bonds is 2. The Hall–Kier alpha value is -1.55. The Balaban J connectivity index is 2.03. The van der Waals surface area contributed by atoms with Gasteiger partial charge in [-0.05, 0) is 37.5 Å². The normalized spacial score (nSPS) is 23.6. The zero-order chi connectivity index (χ0) is 11.7. The molecule has 0 heterocycles. The topological polar surface area (TPSA) is 75.4 Å². The third kappa shape index (κ3) is 2.17. The summed E-state index contributed by atoms with van der Waals surface area (Å²) in [5, 5.41) is 12.5.